The summed E-state index contributed by atoms with van der Waals surface area (Å²) >= 11 is 0. The van der Waals surface area contributed by atoms with Gasteiger partial charge in [-0.2, -0.15) is 13.2 Å². The van der Waals surface area contributed by atoms with Gasteiger partial charge >= 0.3 is 6.18 Å². The molecule has 4 rings (SSSR count). The Balaban J connectivity index is 1.70. The molecule has 1 heterocycles. The second kappa shape index (κ2) is 9.12. The normalized spacial score (nSPS) is 12.7. The minimum atomic E-state index is -4.82. The van der Waals surface area contributed by atoms with Gasteiger partial charge in [0, 0.05) is 24.5 Å². The summed E-state index contributed by atoms with van der Waals surface area (Å²) in [5.74, 6) is -2.47. The number of nitrogens with one attached hydrogen (secondary N) is 3. The molecule has 2 aromatic carbocycles. The van der Waals surface area contributed by atoms with Crippen molar-refractivity contribution in [1.82, 2.24) is 10.3 Å². The maximum Gasteiger partial charge on any atom is 0.416 e. The number of hydrogen-bond donors (Lipinski definition) is 3. The molecule has 0 saturated heterocycles. The van der Waals surface area contributed by atoms with Gasteiger partial charge < -0.3 is 16.0 Å². The molecule has 176 valence electrons. The number of fused-ring (bicyclic) bond motifs is 1. The van der Waals surface area contributed by atoms with Crippen molar-refractivity contribution in [2.24, 2.45) is 0 Å². The number of pyridine rings is 1. The standard InChI is InChI=1S/C24H20F4N4O2/c1-29-22(33)15-10-20(32-23(34)14-8-16(24(26,27)28)11-17(25)9-14)21(30-12-15)31-19-7-3-5-13-4-2-6-18(13)19/h3,5,7-12H,2,4,6H2,1H3,(H,29,33)(H,30,31)(H,32,34). The number of aromatic nitrogens is 1. The third kappa shape index (κ3) is 4.85. The molecular formula is C24H20F4N4O2. The summed E-state index contributed by atoms with van der Waals surface area (Å²) in [5, 5.41) is 8.05. The van der Waals surface area contributed by atoms with Gasteiger partial charge in [-0.05, 0) is 60.7 Å². The molecule has 3 N–H and O–H groups in total. The van der Waals surface area contributed by atoms with Gasteiger partial charge in [0.05, 0.1) is 16.8 Å². The van der Waals surface area contributed by atoms with Crippen molar-refractivity contribution in [3.63, 3.8) is 0 Å². The van der Waals surface area contributed by atoms with Gasteiger partial charge in [-0.15, -0.1) is 0 Å². The average Bonchev–Trinajstić information content (AvgIpc) is 3.28. The van der Waals surface area contributed by atoms with Crippen LogP contribution in [0.3, 0.4) is 0 Å². The maximum absolute atomic E-state index is 13.8. The van der Waals surface area contributed by atoms with Gasteiger partial charge in [-0.25, -0.2) is 9.37 Å². The van der Waals surface area contributed by atoms with Crippen LogP contribution in [0.4, 0.5) is 34.8 Å². The molecule has 0 saturated carbocycles. The van der Waals surface area contributed by atoms with Gasteiger partial charge in [0.2, 0.25) is 0 Å². The number of hydrogen-bond acceptors (Lipinski definition) is 4. The summed E-state index contributed by atoms with van der Waals surface area (Å²) in [6.45, 7) is 0. The summed E-state index contributed by atoms with van der Waals surface area (Å²) in [6.07, 6.45) is -0.706. The van der Waals surface area contributed by atoms with Crippen LogP contribution in [0.5, 0.6) is 0 Å². The van der Waals surface area contributed by atoms with Crippen molar-refractivity contribution in [2.75, 3.05) is 17.7 Å². The number of benzene rings is 2. The number of alkyl halides is 3. The van der Waals surface area contributed by atoms with Crippen LogP contribution in [-0.4, -0.2) is 23.8 Å². The lowest BCUT2D eigenvalue weighted by Gasteiger charge is -2.16. The molecule has 6 nitrogen and oxygen atoms in total. The van der Waals surface area contributed by atoms with E-state index in [0.717, 1.165) is 30.5 Å². The maximum atomic E-state index is 13.8. The number of anilines is 3. The molecule has 2 amide bonds. The molecule has 0 bridgehead atoms. The first-order valence-corrected chi connectivity index (χ1v) is 10.4. The lowest BCUT2D eigenvalue weighted by Crippen LogP contribution is -2.20. The SMILES string of the molecule is CNC(=O)c1cnc(Nc2cccc3c2CCC3)c(NC(=O)c2cc(F)cc(C(F)(F)F)c2)c1. The molecule has 0 atom stereocenters. The quantitative estimate of drug-likeness (QED) is 0.452. The summed E-state index contributed by atoms with van der Waals surface area (Å²) in [4.78, 5) is 29.1. The van der Waals surface area contributed by atoms with E-state index in [4.69, 9.17) is 0 Å². The van der Waals surface area contributed by atoms with E-state index in [-0.39, 0.29) is 17.1 Å². The molecule has 1 aliphatic carbocycles. The Kier molecular flexibility index (Phi) is 6.23. The number of halogens is 4. The van der Waals surface area contributed by atoms with Crippen molar-refractivity contribution in [2.45, 2.75) is 25.4 Å². The van der Waals surface area contributed by atoms with Crippen LogP contribution in [0.15, 0.2) is 48.7 Å². The van der Waals surface area contributed by atoms with Gasteiger partial charge in [0.1, 0.15) is 5.82 Å². The fourth-order valence-corrected chi connectivity index (χ4v) is 3.87. The molecule has 0 aliphatic heterocycles. The summed E-state index contributed by atoms with van der Waals surface area (Å²) < 4.78 is 53.0. The second-order valence-electron chi connectivity index (χ2n) is 7.80. The van der Waals surface area contributed by atoms with Gasteiger partial charge in [-0.3, -0.25) is 9.59 Å². The topological polar surface area (TPSA) is 83.1 Å². The first-order chi connectivity index (χ1) is 16.2. The van der Waals surface area contributed by atoms with Crippen molar-refractivity contribution < 1.29 is 27.2 Å². The molecule has 0 spiro atoms. The summed E-state index contributed by atoms with van der Waals surface area (Å²) in [7, 11) is 1.42. The summed E-state index contributed by atoms with van der Waals surface area (Å²) in [5.41, 5.74) is 1.44. The molecule has 0 fully saturated rings. The van der Waals surface area contributed by atoms with E-state index >= 15 is 0 Å². The van der Waals surface area contributed by atoms with Crippen LogP contribution >= 0.6 is 0 Å². The van der Waals surface area contributed by atoms with E-state index in [9.17, 15) is 27.2 Å². The highest BCUT2D eigenvalue weighted by atomic mass is 19.4. The summed E-state index contributed by atoms with van der Waals surface area (Å²) in [6, 6.07) is 8.69. The highest BCUT2D eigenvalue weighted by Crippen LogP contribution is 2.33. The number of amides is 2. The number of aryl methyl sites for hydroxylation is 1. The van der Waals surface area contributed by atoms with E-state index in [0.29, 0.717) is 18.2 Å². The fourth-order valence-electron chi connectivity index (χ4n) is 3.87. The third-order valence-electron chi connectivity index (χ3n) is 5.51. The third-order valence-corrected chi connectivity index (χ3v) is 5.51. The van der Waals surface area contributed by atoms with E-state index in [1.165, 1.54) is 24.9 Å². The van der Waals surface area contributed by atoms with Crippen LogP contribution in [-0.2, 0) is 19.0 Å². The Morgan fingerprint density at radius 1 is 0.971 bits per heavy atom. The molecule has 1 aromatic heterocycles. The monoisotopic (exact) mass is 472 g/mol. The number of carbonyl (C=O) groups excluding carboxylic acids is 2. The van der Waals surface area contributed by atoms with Crippen LogP contribution in [0.25, 0.3) is 0 Å². The predicted molar refractivity (Wildman–Crippen MR) is 119 cm³/mol. The first-order valence-electron chi connectivity index (χ1n) is 10.4. The Morgan fingerprint density at radius 3 is 2.50 bits per heavy atom. The largest absolute Gasteiger partial charge is 0.416 e. The molecule has 0 radical (unpaired) electrons. The van der Waals surface area contributed by atoms with E-state index in [2.05, 4.69) is 20.9 Å². The van der Waals surface area contributed by atoms with Crippen molar-refractivity contribution in [1.29, 1.82) is 0 Å². The molecule has 10 heteroatoms. The zero-order chi connectivity index (χ0) is 24.5. The van der Waals surface area contributed by atoms with Crippen molar-refractivity contribution in [3.8, 4) is 0 Å². The van der Waals surface area contributed by atoms with Crippen LogP contribution in [0, 0.1) is 5.82 Å². The van der Waals surface area contributed by atoms with Gasteiger partial charge in [0.15, 0.2) is 5.82 Å². The molecular weight excluding hydrogens is 452 g/mol. The molecule has 1 aliphatic rings. The van der Waals surface area contributed by atoms with Crippen LogP contribution < -0.4 is 16.0 Å². The fraction of sp³-hybridized carbons (Fsp3) is 0.208. The average molecular weight is 472 g/mol. The Hall–Kier alpha value is -3.95. The van der Waals surface area contributed by atoms with Gasteiger partial charge in [-0.1, -0.05) is 12.1 Å². The number of nitrogens with zero attached hydrogens (tertiary/aromatic N) is 1. The number of carbonyl (C=O) groups is 2. The second-order valence-corrected chi connectivity index (χ2v) is 7.80. The zero-order valence-corrected chi connectivity index (χ0v) is 18.0. The highest BCUT2D eigenvalue weighted by Gasteiger charge is 2.32. The van der Waals surface area contributed by atoms with E-state index < -0.39 is 34.9 Å². The molecule has 34 heavy (non-hydrogen) atoms. The highest BCUT2D eigenvalue weighted by molar-refractivity contribution is 6.07. The minimum Gasteiger partial charge on any atom is -0.355 e. The van der Waals surface area contributed by atoms with Crippen LogP contribution in [0.1, 0.15) is 43.8 Å². The first kappa shape index (κ1) is 23.2. The lowest BCUT2D eigenvalue weighted by atomic mass is 10.1. The minimum absolute atomic E-state index is 0.0551. The Bertz CT molecular complexity index is 1270. The lowest BCUT2D eigenvalue weighted by molar-refractivity contribution is -0.137. The number of rotatable bonds is 5. The van der Waals surface area contributed by atoms with Crippen molar-refractivity contribution >= 4 is 29.0 Å². The predicted octanol–water partition coefficient (Wildman–Crippen LogP) is 5.08. The van der Waals surface area contributed by atoms with E-state index in [1.807, 2.05) is 18.2 Å². The molecule has 0 unspecified atom stereocenters. The molecule has 3 aromatic rings. The van der Waals surface area contributed by atoms with Gasteiger partial charge in [0.25, 0.3) is 11.8 Å². The Labute approximate surface area is 192 Å². The Morgan fingerprint density at radius 2 is 1.76 bits per heavy atom. The van der Waals surface area contributed by atoms with E-state index in [1.54, 1.807) is 0 Å². The zero-order valence-electron chi connectivity index (χ0n) is 18.0. The smallest absolute Gasteiger partial charge is 0.355 e. The van der Waals surface area contributed by atoms with Crippen LogP contribution in [0.2, 0.25) is 0 Å². The van der Waals surface area contributed by atoms with Crippen molar-refractivity contribution in [3.05, 3.63) is 82.3 Å².